The van der Waals surface area contributed by atoms with Crippen LogP contribution in [-0.2, 0) is 6.54 Å². The number of pyridine rings is 1. The molecular weight excluding hydrogens is 318 g/mol. The third-order valence-corrected chi connectivity index (χ3v) is 4.55. The lowest BCUT2D eigenvalue weighted by atomic mass is 10.1. The van der Waals surface area contributed by atoms with Crippen LogP contribution < -0.4 is 10.5 Å². The van der Waals surface area contributed by atoms with Gasteiger partial charge in [-0.15, -0.1) is 0 Å². The number of anilines is 1. The van der Waals surface area contributed by atoms with Crippen molar-refractivity contribution in [3.8, 4) is 11.3 Å². The quantitative estimate of drug-likeness (QED) is 0.726. The minimum atomic E-state index is -0.127. The molecule has 1 aliphatic rings. The first kappa shape index (κ1) is 15.6. The largest absolute Gasteiger partial charge is 0.370 e. The fraction of sp³-hybridized carbons (Fsp3) is 0.333. The molecule has 4 heterocycles. The van der Waals surface area contributed by atoms with Crippen molar-refractivity contribution in [2.24, 2.45) is 0 Å². The summed E-state index contributed by atoms with van der Waals surface area (Å²) in [7, 11) is 0. The molecule has 0 amide bonds. The molecule has 0 saturated carbocycles. The van der Waals surface area contributed by atoms with Gasteiger partial charge in [-0.05, 0) is 32.4 Å². The highest BCUT2D eigenvalue weighted by atomic mass is 16.5. The fourth-order valence-corrected chi connectivity index (χ4v) is 2.85. The zero-order valence-electron chi connectivity index (χ0n) is 14.3. The molecule has 1 fully saturated rings. The second-order valence-electron chi connectivity index (χ2n) is 6.30. The average Bonchev–Trinajstić information content (AvgIpc) is 2.90. The van der Waals surface area contributed by atoms with Gasteiger partial charge in [-0.3, -0.25) is 9.78 Å². The summed E-state index contributed by atoms with van der Waals surface area (Å²) in [5.74, 6) is 0.677. The van der Waals surface area contributed by atoms with Crippen LogP contribution in [-0.4, -0.2) is 33.0 Å². The molecule has 0 N–H and O–H groups in total. The van der Waals surface area contributed by atoms with Gasteiger partial charge >= 0.3 is 0 Å². The molecule has 0 aromatic carbocycles. The average molecular weight is 337 g/mol. The number of rotatable bonds is 4. The number of nitrogens with zero attached hydrogens (tertiary/aromatic N) is 5. The van der Waals surface area contributed by atoms with E-state index in [1.807, 2.05) is 26.0 Å². The van der Waals surface area contributed by atoms with Crippen molar-refractivity contribution in [1.82, 2.24) is 19.9 Å². The summed E-state index contributed by atoms with van der Waals surface area (Å²) in [5, 5.41) is 8.47. The zero-order chi connectivity index (χ0) is 17.4. The van der Waals surface area contributed by atoms with Crippen LogP contribution in [0.4, 0.5) is 5.69 Å². The Bertz CT molecular complexity index is 954. The summed E-state index contributed by atoms with van der Waals surface area (Å²) < 4.78 is 6.79. The summed E-state index contributed by atoms with van der Waals surface area (Å²) >= 11 is 0. The van der Waals surface area contributed by atoms with Crippen molar-refractivity contribution in [2.45, 2.75) is 26.8 Å². The van der Waals surface area contributed by atoms with Gasteiger partial charge in [0.1, 0.15) is 11.5 Å². The predicted octanol–water partition coefficient (Wildman–Crippen LogP) is 2.17. The second kappa shape index (κ2) is 6.16. The maximum absolute atomic E-state index is 12.4. The smallest absolute Gasteiger partial charge is 0.269 e. The minimum Gasteiger partial charge on any atom is -0.370 e. The monoisotopic (exact) mass is 337 g/mol. The van der Waals surface area contributed by atoms with Gasteiger partial charge in [-0.25, -0.2) is 4.68 Å². The lowest BCUT2D eigenvalue weighted by molar-refractivity contribution is 0.397. The van der Waals surface area contributed by atoms with Crippen LogP contribution in [0.1, 0.15) is 23.4 Å². The van der Waals surface area contributed by atoms with Gasteiger partial charge in [0.05, 0.1) is 18.4 Å². The summed E-state index contributed by atoms with van der Waals surface area (Å²) in [5.41, 5.74) is 4.10. The lowest BCUT2D eigenvalue weighted by Crippen LogP contribution is -2.38. The molecule has 1 aliphatic heterocycles. The Morgan fingerprint density at radius 1 is 1.20 bits per heavy atom. The van der Waals surface area contributed by atoms with Crippen molar-refractivity contribution in [1.29, 1.82) is 0 Å². The molecule has 0 spiro atoms. The van der Waals surface area contributed by atoms with Gasteiger partial charge in [0, 0.05) is 42.2 Å². The van der Waals surface area contributed by atoms with Crippen LogP contribution in [0.2, 0.25) is 0 Å². The number of hydrogen-bond acceptors (Lipinski definition) is 6. The topological polar surface area (TPSA) is 77.0 Å². The molecular formula is C18H19N5O2. The molecule has 0 unspecified atom stereocenters. The first-order valence-electron chi connectivity index (χ1n) is 8.32. The third-order valence-electron chi connectivity index (χ3n) is 4.55. The van der Waals surface area contributed by atoms with Crippen molar-refractivity contribution >= 4 is 5.69 Å². The molecule has 25 heavy (non-hydrogen) atoms. The molecule has 7 heteroatoms. The number of aryl methyl sites for hydroxylation is 2. The van der Waals surface area contributed by atoms with Crippen molar-refractivity contribution < 1.29 is 4.52 Å². The standard InChI is InChI=1S/C18H19N5O2/c1-12-4-5-14(9-19-12)18-16(13(2)25-21-18)11-23-17(24)8-15(10-20-23)22-6-3-7-22/h4-5,8-10H,3,6-7,11H2,1-2H3. The Hall–Kier alpha value is -2.96. The van der Waals surface area contributed by atoms with E-state index in [0.717, 1.165) is 42.0 Å². The highest BCUT2D eigenvalue weighted by molar-refractivity contribution is 5.62. The van der Waals surface area contributed by atoms with Gasteiger partial charge in [-0.2, -0.15) is 5.10 Å². The highest BCUT2D eigenvalue weighted by Crippen LogP contribution is 2.25. The van der Waals surface area contributed by atoms with E-state index in [-0.39, 0.29) is 5.56 Å². The van der Waals surface area contributed by atoms with Gasteiger partial charge in [0.25, 0.3) is 5.56 Å². The van der Waals surface area contributed by atoms with E-state index in [4.69, 9.17) is 4.52 Å². The maximum Gasteiger partial charge on any atom is 0.269 e. The van der Waals surface area contributed by atoms with E-state index in [1.165, 1.54) is 4.68 Å². The van der Waals surface area contributed by atoms with Gasteiger partial charge in [0.2, 0.25) is 0 Å². The van der Waals surface area contributed by atoms with Crippen LogP contribution >= 0.6 is 0 Å². The van der Waals surface area contributed by atoms with E-state index < -0.39 is 0 Å². The fourth-order valence-electron chi connectivity index (χ4n) is 2.85. The van der Waals surface area contributed by atoms with Crippen molar-refractivity contribution in [3.05, 3.63) is 58.0 Å². The van der Waals surface area contributed by atoms with Crippen LogP contribution in [0, 0.1) is 13.8 Å². The van der Waals surface area contributed by atoms with Gasteiger partial charge in [-0.1, -0.05) is 5.16 Å². The Labute approximate surface area is 144 Å². The molecule has 0 radical (unpaired) electrons. The number of hydrogen-bond donors (Lipinski definition) is 0. The van der Waals surface area contributed by atoms with Crippen LogP contribution in [0.15, 0.2) is 39.9 Å². The van der Waals surface area contributed by atoms with Crippen LogP contribution in [0.3, 0.4) is 0 Å². The molecule has 3 aromatic rings. The Balaban J connectivity index is 1.66. The van der Waals surface area contributed by atoms with Crippen LogP contribution in [0.5, 0.6) is 0 Å². The predicted molar refractivity (Wildman–Crippen MR) is 93.6 cm³/mol. The van der Waals surface area contributed by atoms with E-state index in [9.17, 15) is 4.79 Å². The van der Waals surface area contributed by atoms with E-state index in [2.05, 4.69) is 20.1 Å². The highest BCUT2D eigenvalue weighted by Gasteiger charge is 2.18. The Morgan fingerprint density at radius 3 is 2.68 bits per heavy atom. The summed E-state index contributed by atoms with van der Waals surface area (Å²) in [4.78, 5) is 18.9. The zero-order valence-corrected chi connectivity index (χ0v) is 14.3. The van der Waals surface area contributed by atoms with E-state index in [1.54, 1.807) is 18.5 Å². The summed E-state index contributed by atoms with van der Waals surface area (Å²) in [6.45, 7) is 6.06. The SMILES string of the molecule is Cc1ccc(-c2noc(C)c2Cn2ncc(N3CCC3)cc2=O)cn1. The first-order valence-corrected chi connectivity index (χ1v) is 8.32. The van der Waals surface area contributed by atoms with Gasteiger partial charge < -0.3 is 9.42 Å². The molecule has 0 aliphatic carbocycles. The molecule has 4 rings (SSSR count). The molecule has 3 aromatic heterocycles. The second-order valence-corrected chi connectivity index (χ2v) is 6.30. The summed E-state index contributed by atoms with van der Waals surface area (Å²) in [6.07, 6.45) is 4.67. The molecule has 0 atom stereocenters. The normalized spacial score (nSPS) is 13.8. The lowest BCUT2D eigenvalue weighted by Gasteiger charge is -2.32. The van der Waals surface area contributed by atoms with E-state index in [0.29, 0.717) is 18.0 Å². The first-order chi connectivity index (χ1) is 12.1. The van der Waals surface area contributed by atoms with Gasteiger partial charge in [0.15, 0.2) is 0 Å². The Morgan fingerprint density at radius 2 is 2.04 bits per heavy atom. The van der Waals surface area contributed by atoms with E-state index >= 15 is 0 Å². The Kier molecular flexibility index (Phi) is 3.83. The maximum atomic E-state index is 12.4. The molecule has 7 nitrogen and oxygen atoms in total. The van der Waals surface area contributed by atoms with Crippen molar-refractivity contribution in [2.75, 3.05) is 18.0 Å². The van der Waals surface area contributed by atoms with Crippen molar-refractivity contribution in [3.63, 3.8) is 0 Å². The molecule has 0 bridgehead atoms. The van der Waals surface area contributed by atoms with Crippen LogP contribution in [0.25, 0.3) is 11.3 Å². The minimum absolute atomic E-state index is 0.127. The molecule has 128 valence electrons. The summed E-state index contributed by atoms with van der Waals surface area (Å²) in [6, 6.07) is 5.52. The molecule has 1 saturated heterocycles. The number of aromatic nitrogens is 4. The third kappa shape index (κ3) is 2.93.